The summed E-state index contributed by atoms with van der Waals surface area (Å²) in [5.41, 5.74) is 0.759. The first kappa shape index (κ1) is 18.9. The number of benzene rings is 1. The monoisotopic (exact) mass is 306 g/mol. The third-order valence-corrected chi connectivity index (χ3v) is 3.40. The lowest BCUT2D eigenvalue weighted by atomic mass is 9.84. The highest BCUT2D eigenvalue weighted by Gasteiger charge is 2.31. The molecule has 0 spiro atoms. The van der Waals surface area contributed by atoms with Crippen LogP contribution in [0.15, 0.2) is 24.3 Å². The second kappa shape index (κ2) is 6.51. The highest BCUT2D eigenvalue weighted by molar-refractivity contribution is 5.94. The number of hydrogen-bond acceptors (Lipinski definition) is 3. The van der Waals surface area contributed by atoms with Gasteiger partial charge in [-0.15, -0.1) is 0 Å². The Labute approximate surface area is 134 Å². The quantitative estimate of drug-likeness (QED) is 0.407. The zero-order valence-electron chi connectivity index (χ0n) is 15.2. The van der Waals surface area contributed by atoms with Crippen molar-refractivity contribution in [3.63, 3.8) is 0 Å². The van der Waals surface area contributed by atoms with Crippen molar-refractivity contribution in [1.29, 1.82) is 0 Å². The zero-order valence-corrected chi connectivity index (χ0v) is 15.2. The lowest BCUT2D eigenvalue weighted by Gasteiger charge is -2.34. The minimum absolute atomic E-state index is 0.0478. The summed E-state index contributed by atoms with van der Waals surface area (Å²) in [5.74, 6) is 0.0478. The fourth-order valence-electron chi connectivity index (χ4n) is 2.68. The summed E-state index contributed by atoms with van der Waals surface area (Å²) in [6, 6.07) is 7.50. The predicted molar refractivity (Wildman–Crippen MR) is 89.8 cm³/mol. The maximum Gasteiger partial charge on any atom is 0.159 e. The van der Waals surface area contributed by atoms with Gasteiger partial charge in [0, 0.05) is 5.56 Å². The van der Waals surface area contributed by atoms with E-state index in [-0.39, 0.29) is 16.8 Å². The molecule has 0 N–H and O–H groups in total. The Kier molecular flexibility index (Phi) is 5.58. The molecule has 1 aromatic rings. The molecule has 0 unspecified atom stereocenters. The van der Waals surface area contributed by atoms with Crippen molar-refractivity contribution in [3.8, 4) is 0 Å². The van der Waals surface area contributed by atoms with Crippen LogP contribution in [-0.2, 0) is 15.4 Å². The minimum atomic E-state index is -0.624. The highest BCUT2D eigenvalue weighted by Crippen LogP contribution is 2.33. The number of ketones is 1. The van der Waals surface area contributed by atoms with E-state index in [2.05, 4.69) is 20.8 Å². The topological polar surface area (TPSA) is 35.5 Å². The van der Waals surface area contributed by atoms with Gasteiger partial charge in [-0.1, -0.05) is 39.0 Å². The number of hydrogen-bond donors (Lipinski definition) is 0. The van der Waals surface area contributed by atoms with Crippen LogP contribution in [0.5, 0.6) is 0 Å². The van der Waals surface area contributed by atoms with Gasteiger partial charge < -0.3 is 0 Å². The third-order valence-electron chi connectivity index (χ3n) is 3.40. The number of Topliss-reactive ketones (excluding diaryl/α,β-unsaturated/α-hetero) is 1. The van der Waals surface area contributed by atoms with Crippen LogP contribution >= 0.6 is 0 Å². The summed E-state index contributed by atoms with van der Waals surface area (Å²) >= 11 is 0. The first-order chi connectivity index (χ1) is 9.82. The maximum atomic E-state index is 11.5. The molecule has 124 valence electrons. The lowest BCUT2D eigenvalue weighted by Crippen LogP contribution is -2.34. The molecule has 0 fully saturated rings. The van der Waals surface area contributed by atoms with Crippen molar-refractivity contribution >= 4 is 5.78 Å². The molecule has 0 amide bonds. The molecule has 0 saturated heterocycles. The first-order valence-electron chi connectivity index (χ1n) is 7.81. The third kappa shape index (κ3) is 5.90. The molecule has 0 aliphatic rings. The van der Waals surface area contributed by atoms with E-state index in [1.54, 1.807) is 6.92 Å². The first-order valence-corrected chi connectivity index (χ1v) is 7.81. The fourth-order valence-corrected chi connectivity index (χ4v) is 2.68. The van der Waals surface area contributed by atoms with Gasteiger partial charge in [0.1, 0.15) is 5.60 Å². The molecule has 1 aromatic carbocycles. The van der Waals surface area contributed by atoms with Gasteiger partial charge >= 0.3 is 0 Å². The second-order valence-electron chi connectivity index (χ2n) is 8.31. The molecule has 22 heavy (non-hydrogen) atoms. The second-order valence-corrected chi connectivity index (χ2v) is 8.31. The summed E-state index contributed by atoms with van der Waals surface area (Å²) in [5, 5.41) is 0. The summed E-state index contributed by atoms with van der Waals surface area (Å²) < 4.78 is 0. The Hall–Kier alpha value is -1.19. The van der Waals surface area contributed by atoms with E-state index < -0.39 is 5.60 Å². The SMILES string of the molecule is CC(=O)c1cccc(C(C)(C)OOC(C)(C)CC(C)(C)C)c1. The summed E-state index contributed by atoms with van der Waals surface area (Å²) in [6.45, 7) is 16.0. The summed E-state index contributed by atoms with van der Waals surface area (Å²) in [7, 11) is 0. The van der Waals surface area contributed by atoms with E-state index in [1.807, 2.05) is 52.0 Å². The van der Waals surface area contributed by atoms with E-state index >= 15 is 0 Å². The lowest BCUT2D eigenvalue weighted by molar-refractivity contribution is -0.408. The van der Waals surface area contributed by atoms with Crippen LogP contribution in [0.25, 0.3) is 0 Å². The van der Waals surface area contributed by atoms with Crippen molar-refractivity contribution in [2.75, 3.05) is 0 Å². The van der Waals surface area contributed by atoms with Gasteiger partial charge in [-0.2, -0.15) is 0 Å². The van der Waals surface area contributed by atoms with E-state index in [9.17, 15) is 4.79 Å². The van der Waals surface area contributed by atoms with Crippen molar-refractivity contribution in [1.82, 2.24) is 0 Å². The normalized spacial score (nSPS) is 13.3. The molecule has 0 saturated carbocycles. The van der Waals surface area contributed by atoms with Crippen molar-refractivity contribution in [2.24, 2.45) is 5.41 Å². The van der Waals surface area contributed by atoms with Crippen LogP contribution in [0, 0.1) is 5.41 Å². The molecule has 3 nitrogen and oxygen atoms in total. The van der Waals surface area contributed by atoms with Crippen LogP contribution in [-0.4, -0.2) is 11.4 Å². The van der Waals surface area contributed by atoms with Crippen LogP contribution in [0.2, 0.25) is 0 Å². The Balaban J connectivity index is 2.83. The van der Waals surface area contributed by atoms with Crippen LogP contribution in [0.4, 0.5) is 0 Å². The molecule has 1 rings (SSSR count). The predicted octanol–water partition coefficient (Wildman–Crippen LogP) is 5.29. The van der Waals surface area contributed by atoms with Crippen LogP contribution in [0.1, 0.15) is 77.7 Å². The van der Waals surface area contributed by atoms with Gasteiger partial charge in [0.25, 0.3) is 0 Å². The van der Waals surface area contributed by atoms with Gasteiger partial charge in [0.15, 0.2) is 5.78 Å². The van der Waals surface area contributed by atoms with Gasteiger partial charge in [-0.3, -0.25) is 4.79 Å². The Morgan fingerprint density at radius 2 is 1.59 bits per heavy atom. The van der Waals surface area contributed by atoms with Gasteiger partial charge in [0.05, 0.1) is 5.60 Å². The Morgan fingerprint density at radius 3 is 2.09 bits per heavy atom. The smallest absolute Gasteiger partial charge is 0.159 e. The average Bonchev–Trinajstić information content (AvgIpc) is 2.34. The standard InChI is InChI=1S/C19H30O3/c1-14(20)15-10-9-11-16(12-15)19(7,8)22-21-18(5,6)13-17(2,3)4/h9-12H,13H2,1-8H3. The molecule has 0 heterocycles. The minimum Gasteiger partial charge on any atom is -0.295 e. The average molecular weight is 306 g/mol. The van der Waals surface area contributed by atoms with E-state index in [0.29, 0.717) is 5.56 Å². The molecule has 0 aliphatic carbocycles. The molecule has 3 heteroatoms. The van der Waals surface area contributed by atoms with E-state index in [0.717, 1.165) is 12.0 Å². The largest absolute Gasteiger partial charge is 0.295 e. The van der Waals surface area contributed by atoms with Crippen LogP contribution in [0.3, 0.4) is 0 Å². The van der Waals surface area contributed by atoms with Crippen molar-refractivity contribution in [3.05, 3.63) is 35.4 Å². The van der Waals surface area contributed by atoms with E-state index in [1.165, 1.54) is 0 Å². The van der Waals surface area contributed by atoms with E-state index in [4.69, 9.17) is 9.78 Å². The van der Waals surface area contributed by atoms with Gasteiger partial charge in [0.2, 0.25) is 0 Å². The summed E-state index contributed by atoms with van der Waals surface area (Å²) in [6.07, 6.45) is 0.879. The molecule has 0 aliphatic heterocycles. The van der Waals surface area contributed by atoms with Gasteiger partial charge in [-0.05, 0) is 58.1 Å². The number of rotatable bonds is 6. The molecular formula is C19H30O3. The Bertz CT molecular complexity index is 522. The van der Waals surface area contributed by atoms with Crippen molar-refractivity contribution < 1.29 is 14.6 Å². The fraction of sp³-hybridized carbons (Fsp3) is 0.632. The number of carbonyl (C=O) groups excluding carboxylic acids is 1. The molecular weight excluding hydrogens is 276 g/mol. The highest BCUT2D eigenvalue weighted by atomic mass is 17.2. The molecule has 0 bridgehead atoms. The number of carbonyl (C=O) groups is 1. The Morgan fingerprint density at radius 1 is 1.00 bits per heavy atom. The summed E-state index contributed by atoms with van der Waals surface area (Å²) in [4.78, 5) is 23.0. The maximum absolute atomic E-state index is 11.5. The zero-order chi connectivity index (χ0) is 17.2. The van der Waals surface area contributed by atoms with Gasteiger partial charge in [-0.25, -0.2) is 9.78 Å². The molecule has 0 atom stereocenters. The molecule has 0 aromatic heterocycles. The van der Waals surface area contributed by atoms with Crippen LogP contribution < -0.4 is 0 Å². The van der Waals surface area contributed by atoms with Crippen molar-refractivity contribution in [2.45, 2.75) is 73.0 Å². The molecule has 0 radical (unpaired) electrons.